The number of alkyl halides is 2. The van der Waals surface area contributed by atoms with E-state index in [0.29, 0.717) is 12.2 Å². The molecule has 1 aromatic rings. The van der Waals surface area contributed by atoms with Crippen LogP contribution in [0.1, 0.15) is 31.9 Å². The van der Waals surface area contributed by atoms with Crippen LogP contribution in [0.3, 0.4) is 0 Å². The van der Waals surface area contributed by atoms with E-state index in [1.807, 2.05) is 6.92 Å². The van der Waals surface area contributed by atoms with Crippen LogP contribution in [0.4, 0.5) is 8.78 Å². The summed E-state index contributed by atoms with van der Waals surface area (Å²) in [6.45, 7) is 4.97. The van der Waals surface area contributed by atoms with Crippen LogP contribution in [0.2, 0.25) is 0 Å². The maximum absolute atomic E-state index is 13.8. The Morgan fingerprint density at radius 3 is 2.38 bits per heavy atom. The van der Waals surface area contributed by atoms with Gasteiger partial charge in [-0.1, -0.05) is 20.8 Å². The van der Waals surface area contributed by atoms with E-state index < -0.39 is 11.8 Å². The van der Waals surface area contributed by atoms with E-state index in [1.165, 1.54) is 19.9 Å². The highest BCUT2D eigenvalue weighted by molar-refractivity contribution is 5.39. The summed E-state index contributed by atoms with van der Waals surface area (Å²) in [5.74, 6) is -2.81. The van der Waals surface area contributed by atoms with Crippen molar-refractivity contribution in [2.45, 2.75) is 33.1 Å². The van der Waals surface area contributed by atoms with E-state index in [1.54, 1.807) is 19.2 Å². The fraction of sp³-hybridized carbons (Fsp3) is 0.538. The van der Waals surface area contributed by atoms with Crippen LogP contribution in [-0.4, -0.2) is 7.11 Å². The van der Waals surface area contributed by atoms with Crippen LogP contribution >= 0.6 is 0 Å². The Labute approximate surface area is 95.4 Å². The van der Waals surface area contributed by atoms with Crippen molar-refractivity contribution >= 4 is 0 Å². The fourth-order valence-corrected chi connectivity index (χ4v) is 1.60. The lowest BCUT2D eigenvalue weighted by Gasteiger charge is -2.22. The number of hydrogen-bond donors (Lipinski definition) is 0. The Hall–Kier alpha value is -1.12. The molecule has 0 aliphatic heterocycles. The van der Waals surface area contributed by atoms with E-state index in [0.717, 1.165) is 5.56 Å². The molecular formula is C13H18F2O. The van der Waals surface area contributed by atoms with Gasteiger partial charge in [0.1, 0.15) is 5.75 Å². The molecule has 1 nitrogen and oxygen atoms in total. The lowest BCUT2D eigenvalue weighted by atomic mass is 9.95. The lowest BCUT2D eigenvalue weighted by molar-refractivity contribution is -0.0514. The van der Waals surface area contributed by atoms with Crippen molar-refractivity contribution in [2.75, 3.05) is 7.11 Å². The SMILES string of the molecule is CCc1cc(C(F)(F)C(C)C)ccc1OC. The zero-order valence-electron chi connectivity index (χ0n) is 10.2. The van der Waals surface area contributed by atoms with Gasteiger partial charge in [-0.2, -0.15) is 0 Å². The molecular weight excluding hydrogens is 210 g/mol. The minimum absolute atomic E-state index is 0.0696. The summed E-state index contributed by atoms with van der Waals surface area (Å²) in [5.41, 5.74) is 0.889. The van der Waals surface area contributed by atoms with Gasteiger partial charge in [0.25, 0.3) is 5.92 Å². The maximum Gasteiger partial charge on any atom is 0.275 e. The summed E-state index contributed by atoms with van der Waals surface area (Å²) in [4.78, 5) is 0. The summed E-state index contributed by atoms with van der Waals surface area (Å²) < 4.78 is 32.7. The molecule has 0 heterocycles. The number of halogens is 2. The molecule has 16 heavy (non-hydrogen) atoms. The molecule has 0 spiro atoms. The molecule has 0 bridgehead atoms. The van der Waals surface area contributed by atoms with Crippen LogP contribution in [0.5, 0.6) is 5.75 Å². The predicted octanol–water partition coefficient (Wildman–Crippen LogP) is 4.01. The van der Waals surface area contributed by atoms with Gasteiger partial charge in [-0.25, -0.2) is 8.78 Å². The van der Waals surface area contributed by atoms with Crippen molar-refractivity contribution in [3.63, 3.8) is 0 Å². The second-order valence-corrected chi connectivity index (χ2v) is 4.16. The highest BCUT2D eigenvalue weighted by Gasteiger charge is 2.35. The van der Waals surface area contributed by atoms with E-state index >= 15 is 0 Å². The average molecular weight is 228 g/mol. The van der Waals surface area contributed by atoms with Crippen LogP contribution in [-0.2, 0) is 12.3 Å². The van der Waals surface area contributed by atoms with E-state index in [-0.39, 0.29) is 5.56 Å². The molecule has 0 aromatic heterocycles. The normalized spacial score (nSPS) is 11.9. The van der Waals surface area contributed by atoms with Crippen molar-refractivity contribution in [3.05, 3.63) is 29.3 Å². The minimum atomic E-state index is -2.78. The molecule has 0 N–H and O–H groups in total. The third-order valence-corrected chi connectivity index (χ3v) is 2.77. The van der Waals surface area contributed by atoms with E-state index in [4.69, 9.17) is 4.74 Å². The van der Waals surface area contributed by atoms with Crippen LogP contribution in [0.25, 0.3) is 0 Å². The van der Waals surface area contributed by atoms with Crippen molar-refractivity contribution < 1.29 is 13.5 Å². The molecule has 3 heteroatoms. The summed E-state index contributed by atoms with van der Waals surface area (Å²) in [6.07, 6.45) is 0.686. The standard InChI is InChI=1S/C13H18F2O/c1-5-10-8-11(6-7-12(10)16-4)13(14,15)9(2)3/h6-9H,5H2,1-4H3. The molecule has 0 radical (unpaired) electrons. The molecule has 1 rings (SSSR count). The Morgan fingerprint density at radius 2 is 1.94 bits per heavy atom. The Morgan fingerprint density at radius 1 is 1.31 bits per heavy atom. The molecule has 0 aliphatic rings. The van der Waals surface area contributed by atoms with Crippen LogP contribution in [0, 0.1) is 5.92 Å². The van der Waals surface area contributed by atoms with Gasteiger partial charge >= 0.3 is 0 Å². The van der Waals surface area contributed by atoms with Gasteiger partial charge in [-0.05, 0) is 30.2 Å². The number of hydrogen-bond acceptors (Lipinski definition) is 1. The molecule has 0 fully saturated rings. The topological polar surface area (TPSA) is 9.23 Å². The maximum atomic E-state index is 13.8. The third kappa shape index (κ3) is 2.34. The number of methoxy groups -OCH3 is 1. The first-order valence-corrected chi connectivity index (χ1v) is 5.48. The first-order valence-electron chi connectivity index (χ1n) is 5.48. The Bertz CT molecular complexity index is 359. The molecule has 0 atom stereocenters. The highest BCUT2D eigenvalue weighted by atomic mass is 19.3. The largest absolute Gasteiger partial charge is 0.496 e. The number of benzene rings is 1. The van der Waals surface area contributed by atoms with Gasteiger partial charge in [-0.15, -0.1) is 0 Å². The van der Waals surface area contributed by atoms with Crippen LogP contribution < -0.4 is 4.74 Å². The number of rotatable bonds is 4. The third-order valence-electron chi connectivity index (χ3n) is 2.77. The second-order valence-electron chi connectivity index (χ2n) is 4.16. The second kappa shape index (κ2) is 4.81. The summed E-state index contributed by atoms with van der Waals surface area (Å²) in [5, 5.41) is 0. The first kappa shape index (κ1) is 12.9. The quantitative estimate of drug-likeness (QED) is 0.756. The van der Waals surface area contributed by atoms with Gasteiger partial charge < -0.3 is 4.74 Å². The Balaban J connectivity index is 3.17. The van der Waals surface area contributed by atoms with E-state index in [2.05, 4.69) is 0 Å². The number of aryl methyl sites for hydroxylation is 1. The van der Waals surface area contributed by atoms with Crippen molar-refractivity contribution in [1.82, 2.24) is 0 Å². The minimum Gasteiger partial charge on any atom is -0.496 e. The molecule has 0 unspecified atom stereocenters. The zero-order valence-corrected chi connectivity index (χ0v) is 10.2. The average Bonchev–Trinajstić information content (AvgIpc) is 2.27. The number of ether oxygens (including phenoxy) is 1. The monoisotopic (exact) mass is 228 g/mol. The zero-order chi connectivity index (χ0) is 12.3. The molecule has 0 saturated carbocycles. The smallest absolute Gasteiger partial charge is 0.275 e. The van der Waals surface area contributed by atoms with Gasteiger partial charge in [0, 0.05) is 11.5 Å². The molecule has 90 valence electrons. The van der Waals surface area contributed by atoms with Gasteiger partial charge in [-0.3, -0.25) is 0 Å². The van der Waals surface area contributed by atoms with Crippen molar-refractivity contribution in [3.8, 4) is 5.75 Å². The van der Waals surface area contributed by atoms with Crippen molar-refractivity contribution in [1.29, 1.82) is 0 Å². The molecule has 1 aromatic carbocycles. The Kier molecular flexibility index (Phi) is 3.89. The van der Waals surface area contributed by atoms with Gasteiger partial charge in [0.2, 0.25) is 0 Å². The summed E-state index contributed by atoms with van der Waals surface area (Å²) in [7, 11) is 1.55. The van der Waals surface area contributed by atoms with E-state index in [9.17, 15) is 8.78 Å². The highest BCUT2D eigenvalue weighted by Crippen LogP contribution is 2.37. The summed E-state index contributed by atoms with van der Waals surface area (Å²) >= 11 is 0. The van der Waals surface area contributed by atoms with Gasteiger partial charge in [0.05, 0.1) is 7.11 Å². The van der Waals surface area contributed by atoms with Crippen molar-refractivity contribution in [2.24, 2.45) is 5.92 Å². The van der Waals surface area contributed by atoms with Crippen LogP contribution in [0.15, 0.2) is 18.2 Å². The van der Waals surface area contributed by atoms with Gasteiger partial charge in [0.15, 0.2) is 0 Å². The lowest BCUT2D eigenvalue weighted by Crippen LogP contribution is -2.21. The molecule has 0 aliphatic carbocycles. The first-order chi connectivity index (χ1) is 7.43. The fourth-order valence-electron chi connectivity index (χ4n) is 1.60. The molecule has 0 amide bonds. The molecule has 0 saturated heterocycles. The summed E-state index contributed by atoms with van der Waals surface area (Å²) in [6, 6.07) is 4.60. The predicted molar refractivity (Wildman–Crippen MR) is 61.1 cm³/mol.